The van der Waals surface area contributed by atoms with E-state index in [4.69, 9.17) is 23.1 Å². The molecule has 0 aliphatic rings. The molecule has 0 heterocycles. The Balaban J connectivity index is 2.78. The molecule has 4 nitrogen and oxygen atoms in total. The highest BCUT2D eigenvalue weighted by molar-refractivity contribution is 7.80. The van der Waals surface area contributed by atoms with Gasteiger partial charge in [-0.25, -0.2) is 0 Å². The minimum absolute atomic E-state index is 0.0113. The first-order chi connectivity index (χ1) is 10.0. The number of aliphatic hydroxyl groups excluding tert-OH is 1. The van der Waals surface area contributed by atoms with Gasteiger partial charge < -0.3 is 15.7 Å². The predicted octanol–water partition coefficient (Wildman–Crippen LogP) is 1.87. The van der Waals surface area contributed by atoms with Gasteiger partial charge in [-0.3, -0.25) is 4.79 Å². The molecule has 0 aliphatic carbocycles. The number of amides is 1. The Hall–Kier alpha value is -1.46. The third-order valence-corrected chi connectivity index (χ3v) is 3.87. The van der Waals surface area contributed by atoms with Crippen molar-refractivity contribution in [3.8, 4) is 0 Å². The molecule has 0 radical (unpaired) electrons. The van der Waals surface area contributed by atoms with Crippen molar-refractivity contribution in [1.82, 2.24) is 4.90 Å². The number of rotatable bonds is 8. The summed E-state index contributed by atoms with van der Waals surface area (Å²) in [6, 6.07) is 7.59. The molecule has 0 atom stereocenters. The lowest BCUT2D eigenvalue weighted by molar-refractivity contribution is -0.133. The van der Waals surface area contributed by atoms with Crippen molar-refractivity contribution in [3.63, 3.8) is 0 Å². The van der Waals surface area contributed by atoms with Crippen molar-refractivity contribution in [2.24, 2.45) is 5.73 Å². The lowest BCUT2D eigenvalue weighted by Gasteiger charge is -2.30. The average Bonchev–Trinajstić information content (AvgIpc) is 2.48. The van der Waals surface area contributed by atoms with Gasteiger partial charge in [0.15, 0.2) is 0 Å². The van der Waals surface area contributed by atoms with Crippen LogP contribution in [0, 0.1) is 0 Å². The van der Waals surface area contributed by atoms with Crippen LogP contribution in [0.25, 0.3) is 0 Å². The fourth-order valence-electron chi connectivity index (χ4n) is 2.41. The summed E-state index contributed by atoms with van der Waals surface area (Å²) in [5.41, 5.74) is 7.28. The minimum Gasteiger partial charge on any atom is -0.395 e. The molecule has 0 saturated heterocycles. The molecule has 3 N–H and O–H groups in total. The SMILES string of the molecule is CCC(CC)N(CCO)C(=O)Cc1ccc(C(N)=S)cc1. The molecule has 0 aromatic heterocycles. The molecule has 0 fully saturated rings. The predicted molar refractivity (Wildman–Crippen MR) is 89.2 cm³/mol. The maximum absolute atomic E-state index is 12.4. The van der Waals surface area contributed by atoms with E-state index in [2.05, 4.69) is 13.8 Å². The van der Waals surface area contributed by atoms with E-state index in [1.807, 2.05) is 24.3 Å². The van der Waals surface area contributed by atoms with Gasteiger partial charge in [0.2, 0.25) is 5.91 Å². The summed E-state index contributed by atoms with van der Waals surface area (Å²) < 4.78 is 0. The Morgan fingerprint density at radius 3 is 2.29 bits per heavy atom. The largest absolute Gasteiger partial charge is 0.395 e. The Morgan fingerprint density at radius 2 is 1.86 bits per heavy atom. The van der Waals surface area contributed by atoms with E-state index >= 15 is 0 Å². The summed E-state index contributed by atoms with van der Waals surface area (Å²) in [6.07, 6.45) is 2.11. The van der Waals surface area contributed by atoms with E-state index in [9.17, 15) is 4.79 Å². The van der Waals surface area contributed by atoms with Crippen LogP contribution in [-0.4, -0.2) is 40.1 Å². The van der Waals surface area contributed by atoms with Crippen LogP contribution in [-0.2, 0) is 11.2 Å². The number of nitrogens with two attached hydrogens (primary N) is 1. The van der Waals surface area contributed by atoms with E-state index in [1.165, 1.54) is 0 Å². The number of carbonyl (C=O) groups is 1. The van der Waals surface area contributed by atoms with Crippen LogP contribution in [0.1, 0.15) is 37.8 Å². The maximum atomic E-state index is 12.4. The number of thiocarbonyl (C=S) groups is 1. The lowest BCUT2D eigenvalue weighted by Crippen LogP contribution is -2.42. The van der Waals surface area contributed by atoms with Gasteiger partial charge in [-0.1, -0.05) is 50.3 Å². The van der Waals surface area contributed by atoms with Gasteiger partial charge in [-0.15, -0.1) is 0 Å². The van der Waals surface area contributed by atoms with E-state index in [0.717, 1.165) is 24.0 Å². The summed E-state index contributed by atoms with van der Waals surface area (Å²) in [5.74, 6) is 0.0424. The summed E-state index contributed by atoms with van der Waals surface area (Å²) >= 11 is 4.91. The van der Waals surface area contributed by atoms with E-state index in [0.29, 0.717) is 18.0 Å². The third kappa shape index (κ3) is 5.10. The molecule has 0 spiro atoms. The Morgan fingerprint density at radius 1 is 1.29 bits per heavy atom. The van der Waals surface area contributed by atoms with Crippen LogP contribution in [0.5, 0.6) is 0 Å². The molecule has 1 aromatic rings. The molecular weight excluding hydrogens is 284 g/mol. The fourth-order valence-corrected chi connectivity index (χ4v) is 2.55. The number of nitrogens with zero attached hydrogens (tertiary/aromatic N) is 1. The summed E-state index contributed by atoms with van der Waals surface area (Å²) in [7, 11) is 0. The molecular formula is C16H24N2O2S. The van der Waals surface area contributed by atoms with E-state index < -0.39 is 0 Å². The van der Waals surface area contributed by atoms with Crippen molar-refractivity contribution < 1.29 is 9.90 Å². The van der Waals surface area contributed by atoms with Gasteiger partial charge >= 0.3 is 0 Å². The van der Waals surface area contributed by atoms with Crippen LogP contribution >= 0.6 is 12.2 Å². The van der Waals surface area contributed by atoms with Gasteiger partial charge in [-0.05, 0) is 18.4 Å². The molecule has 21 heavy (non-hydrogen) atoms. The summed E-state index contributed by atoms with van der Waals surface area (Å²) in [4.78, 5) is 14.6. The standard InChI is InChI=1S/C16H24N2O2S/c1-3-14(4-2)18(9-10-19)15(20)11-12-5-7-13(8-6-12)16(17)21/h5-8,14,19H,3-4,9-11H2,1-2H3,(H2,17,21). The smallest absolute Gasteiger partial charge is 0.227 e. The monoisotopic (exact) mass is 308 g/mol. The molecule has 1 amide bonds. The number of carbonyl (C=O) groups excluding carboxylic acids is 1. The first kappa shape index (κ1) is 17.6. The first-order valence-corrected chi connectivity index (χ1v) is 7.73. The fraction of sp³-hybridized carbons (Fsp3) is 0.500. The van der Waals surface area contributed by atoms with Crippen LogP contribution in [0.2, 0.25) is 0 Å². The van der Waals surface area contributed by atoms with Crippen LogP contribution < -0.4 is 5.73 Å². The average molecular weight is 308 g/mol. The highest BCUT2D eigenvalue weighted by Crippen LogP contribution is 2.12. The first-order valence-electron chi connectivity index (χ1n) is 7.32. The second-order valence-electron chi connectivity index (χ2n) is 5.02. The number of aliphatic hydroxyl groups is 1. The zero-order valence-electron chi connectivity index (χ0n) is 12.7. The minimum atomic E-state index is -0.0113. The van der Waals surface area contributed by atoms with E-state index in [-0.39, 0.29) is 18.6 Å². The van der Waals surface area contributed by atoms with Gasteiger partial charge in [0, 0.05) is 18.2 Å². The van der Waals surface area contributed by atoms with Crippen molar-refractivity contribution in [2.45, 2.75) is 39.2 Å². The van der Waals surface area contributed by atoms with E-state index in [1.54, 1.807) is 4.90 Å². The van der Waals surface area contributed by atoms with Crippen molar-refractivity contribution in [3.05, 3.63) is 35.4 Å². The van der Waals surface area contributed by atoms with Crippen LogP contribution in [0.4, 0.5) is 0 Å². The molecule has 0 aliphatic heterocycles. The quantitative estimate of drug-likeness (QED) is 0.720. The van der Waals surface area contributed by atoms with Crippen molar-refractivity contribution >= 4 is 23.1 Å². The Labute approximate surface area is 131 Å². The Bertz CT molecular complexity index is 470. The highest BCUT2D eigenvalue weighted by Gasteiger charge is 2.20. The molecule has 5 heteroatoms. The zero-order chi connectivity index (χ0) is 15.8. The summed E-state index contributed by atoms with van der Waals surface area (Å²) in [5, 5.41) is 9.17. The number of benzene rings is 1. The second kappa shape index (κ2) is 8.74. The molecule has 1 aromatic carbocycles. The number of hydrogen-bond acceptors (Lipinski definition) is 3. The third-order valence-electron chi connectivity index (χ3n) is 3.64. The van der Waals surface area contributed by atoms with Crippen LogP contribution in [0.3, 0.4) is 0 Å². The lowest BCUT2D eigenvalue weighted by atomic mass is 10.1. The summed E-state index contributed by atoms with van der Waals surface area (Å²) in [6.45, 7) is 4.49. The maximum Gasteiger partial charge on any atom is 0.227 e. The van der Waals surface area contributed by atoms with Crippen molar-refractivity contribution in [2.75, 3.05) is 13.2 Å². The van der Waals surface area contributed by atoms with Gasteiger partial charge in [0.05, 0.1) is 13.0 Å². The molecule has 0 bridgehead atoms. The highest BCUT2D eigenvalue weighted by atomic mass is 32.1. The van der Waals surface area contributed by atoms with Gasteiger partial charge in [0.1, 0.15) is 4.99 Å². The van der Waals surface area contributed by atoms with Crippen LogP contribution in [0.15, 0.2) is 24.3 Å². The van der Waals surface area contributed by atoms with Gasteiger partial charge in [-0.2, -0.15) is 0 Å². The number of hydrogen-bond donors (Lipinski definition) is 2. The zero-order valence-corrected chi connectivity index (χ0v) is 13.5. The normalized spacial score (nSPS) is 10.7. The topological polar surface area (TPSA) is 66.6 Å². The van der Waals surface area contributed by atoms with Crippen molar-refractivity contribution in [1.29, 1.82) is 0 Å². The molecule has 116 valence electrons. The molecule has 0 saturated carbocycles. The molecule has 0 unspecified atom stereocenters. The second-order valence-corrected chi connectivity index (χ2v) is 5.46. The molecule has 1 rings (SSSR count). The Kier molecular flexibility index (Phi) is 7.32. The van der Waals surface area contributed by atoms with Gasteiger partial charge in [0.25, 0.3) is 0 Å².